The summed E-state index contributed by atoms with van der Waals surface area (Å²) < 4.78 is 10.6. The summed E-state index contributed by atoms with van der Waals surface area (Å²) in [6, 6.07) is 7.34. The Balaban J connectivity index is 1.78. The minimum atomic E-state index is -0.511. The fourth-order valence-corrected chi connectivity index (χ4v) is 3.54. The normalized spacial score (nSPS) is 10.9. The van der Waals surface area contributed by atoms with Gasteiger partial charge in [-0.25, -0.2) is 4.79 Å². The second-order valence-corrected chi connectivity index (χ2v) is 7.27. The van der Waals surface area contributed by atoms with Crippen LogP contribution in [-0.2, 0) is 4.79 Å². The molecule has 3 aromatic rings. The summed E-state index contributed by atoms with van der Waals surface area (Å²) in [5, 5.41) is 4.24. The highest BCUT2D eigenvalue weighted by Gasteiger charge is 2.14. The van der Waals surface area contributed by atoms with Crippen molar-refractivity contribution in [2.24, 2.45) is 0 Å². The predicted molar refractivity (Wildman–Crippen MR) is 108 cm³/mol. The highest BCUT2D eigenvalue weighted by atomic mass is 35.5. The Bertz CT molecular complexity index is 1090. The summed E-state index contributed by atoms with van der Waals surface area (Å²) >= 11 is 24.1. The zero-order valence-corrected chi connectivity index (χ0v) is 16.8. The number of fused-ring (bicyclic) bond motifs is 1. The number of hydrogen-bond donors (Lipinski definition) is 1. The number of carbonyl (C=O) groups excluding carboxylic acids is 1. The van der Waals surface area contributed by atoms with Gasteiger partial charge in [-0.2, -0.15) is 0 Å². The highest BCUT2D eigenvalue weighted by molar-refractivity contribution is 6.42. The van der Waals surface area contributed by atoms with E-state index in [1.165, 1.54) is 24.3 Å². The predicted octanol–water partition coefficient (Wildman–Crippen LogP) is 5.73. The van der Waals surface area contributed by atoms with Crippen molar-refractivity contribution in [3.8, 4) is 5.75 Å². The molecule has 140 valence electrons. The zero-order valence-electron chi connectivity index (χ0n) is 13.7. The summed E-state index contributed by atoms with van der Waals surface area (Å²) in [7, 11) is 0. The second kappa shape index (κ2) is 7.98. The lowest BCUT2D eigenvalue weighted by atomic mass is 10.1. The van der Waals surface area contributed by atoms with E-state index >= 15 is 0 Å². The third kappa shape index (κ3) is 4.50. The third-order valence-corrected chi connectivity index (χ3v) is 4.74. The number of rotatable bonds is 4. The molecular formula is C18H11Cl4NO4. The van der Waals surface area contributed by atoms with Gasteiger partial charge >= 0.3 is 5.63 Å². The molecule has 0 aliphatic rings. The molecule has 0 saturated carbocycles. The van der Waals surface area contributed by atoms with Crippen LogP contribution in [0.4, 0.5) is 5.69 Å². The van der Waals surface area contributed by atoms with Gasteiger partial charge in [-0.15, -0.1) is 0 Å². The lowest BCUT2D eigenvalue weighted by Gasteiger charge is -2.12. The van der Waals surface area contributed by atoms with Crippen LogP contribution in [0, 0.1) is 6.92 Å². The van der Waals surface area contributed by atoms with Crippen LogP contribution in [0.25, 0.3) is 11.0 Å². The molecule has 27 heavy (non-hydrogen) atoms. The van der Waals surface area contributed by atoms with Crippen LogP contribution in [0.1, 0.15) is 5.56 Å². The van der Waals surface area contributed by atoms with Gasteiger partial charge in [0.1, 0.15) is 11.3 Å². The van der Waals surface area contributed by atoms with Crippen molar-refractivity contribution < 1.29 is 13.9 Å². The number of carbonyl (C=O) groups is 1. The molecule has 9 heteroatoms. The van der Waals surface area contributed by atoms with E-state index in [2.05, 4.69) is 5.32 Å². The smallest absolute Gasteiger partial charge is 0.336 e. The first-order valence-electron chi connectivity index (χ1n) is 7.56. The Kier molecular flexibility index (Phi) is 5.86. The lowest BCUT2D eigenvalue weighted by Crippen LogP contribution is -2.20. The molecule has 2 aromatic carbocycles. The van der Waals surface area contributed by atoms with Gasteiger partial charge in [0.25, 0.3) is 5.91 Å². The van der Waals surface area contributed by atoms with Gasteiger partial charge in [0.15, 0.2) is 6.61 Å². The van der Waals surface area contributed by atoms with E-state index in [0.29, 0.717) is 16.0 Å². The molecular weight excluding hydrogens is 436 g/mol. The van der Waals surface area contributed by atoms with Crippen molar-refractivity contribution >= 4 is 69.0 Å². The monoisotopic (exact) mass is 445 g/mol. The van der Waals surface area contributed by atoms with E-state index in [4.69, 9.17) is 55.6 Å². The molecule has 0 fully saturated rings. The fraction of sp³-hybridized carbons (Fsp3) is 0.111. The molecule has 0 bridgehead atoms. The molecule has 0 aliphatic heterocycles. The minimum Gasteiger partial charge on any atom is -0.482 e. The number of halogens is 4. The average molecular weight is 447 g/mol. The van der Waals surface area contributed by atoms with Crippen molar-refractivity contribution in [3.63, 3.8) is 0 Å². The van der Waals surface area contributed by atoms with Crippen LogP contribution in [0.5, 0.6) is 5.75 Å². The van der Waals surface area contributed by atoms with Gasteiger partial charge < -0.3 is 14.5 Å². The van der Waals surface area contributed by atoms with E-state index in [9.17, 15) is 9.59 Å². The van der Waals surface area contributed by atoms with Crippen LogP contribution in [0.15, 0.2) is 39.5 Å². The first-order chi connectivity index (χ1) is 12.7. The molecule has 0 spiro atoms. The number of benzene rings is 2. The van der Waals surface area contributed by atoms with Crippen LogP contribution in [0.2, 0.25) is 20.1 Å². The minimum absolute atomic E-state index is 0.196. The molecule has 5 nitrogen and oxygen atoms in total. The average Bonchev–Trinajstić information content (AvgIpc) is 2.57. The molecule has 0 atom stereocenters. The molecule has 0 radical (unpaired) electrons. The Morgan fingerprint density at radius 3 is 2.37 bits per heavy atom. The number of amides is 1. The van der Waals surface area contributed by atoms with Crippen LogP contribution < -0.4 is 15.7 Å². The van der Waals surface area contributed by atoms with Crippen molar-refractivity contribution in [2.45, 2.75) is 6.92 Å². The molecule has 1 amide bonds. The fourth-order valence-electron chi connectivity index (χ4n) is 2.41. The summed E-state index contributed by atoms with van der Waals surface area (Å²) in [5.41, 5.74) is 0.767. The van der Waals surface area contributed by atoms with Crippen LogP contribution in [0.3, 0.4) is 0 Å². The second-order valence-electron chi connectivity index (χ2n) is 5.61. The number of aryl methyl sites for hydroxylation is 1. The van der Waals surface area contributed by atoms with E-state index in [0.717, 1.165) is 5.56 Å². The van der Waals surface area contributed by atoms with Gasteiger partial charge in [0, 0.05) is 22.5 Å². The number of hydrogen-bond acceptors (Lipinski definition) is 4. The van der Waals surface area contributed by atoms with E-state index < -0.39 is 11.5 Å². The summed E-state index contributed by atoms with van der Waals surface area (Å²) in [4.78, 5) is 23.7. The molecule has 1 aromatic heterocycles. The first-order valence-corrected chi connectivity index (χ1v) is 9.07. The number of anilines is 1. The standard InChI is InChI=1S/C18H11Cl4NO4/c1-8-2-17(25)27-14-6-15(11(20)5-10(8)14)26-7-16(24)23-18-12(21)3-9(19)4-13(18)22/h2-6H,7H2,1H3,(H,23,24). The largest absolute Gasteiger partial charge is 0.482 e. The van der Waals surface area contributed by atoms with Gasteiger partial charge in [0.05, 0.1) is 20.8 Å². The highest BCUT2D eigenvalue weighted by Crippen LogP contribution is 2.34. The van der Waals surface area contributed by atoms with Gasteiger partial charge in [-0.05, 0) is 30.7 Å². The maximum atomic E-state index is 12.2. The van der Waals surface area contributed by atoms with Crippen molar-refractivity contribution in [2.75, 3.05) is 11.9 Å². The van der Waals surface area contributed by atoms with Crippen molar-refractivity contribution in [3.05, 3.63) is 66.4 Å². The number of nitrogens with one attached hydrogen (secondary N) is 1. The summed E-state index contributed by atoms with van der Waals surface area (Å²) in [6.07, 6.45) is 0. The topological polar surface area (TPSA) is 68.5 Å². The zero-order chi connectivity index (χ0) is 19.7. The first kappa shape index (κ1) is 19.8. The Morgan fingerprint density at radius 2 is 1.70 bits per heavy atom. The molecule has 0 unspecified atom stereocenters. The Labute approximate surface area is 173 Å². The van der Waals surface area contributed by atoms with Crippen molar-refractivity contribution in [1.82, 2.24) is 0 Å². The van der Waals surface area contributed by atoms with Gasteiger partial charge in [0.2, 0.25) is 0 Å². The van der Waals surface area contributed by atoms with E-state index in [1.54, 1.807) is 13.0 Å². The van der Waals surface area contributed by atoms with Gasteiger partial charge in [-0.3, -0.25) is 4.79 Å². The Morgan fingerprint density at radius 1 is 1.04 bits per heavy atom. The molecule has 1 N–H and O–H groups in total. The molecule has 3 rings (SSSR count). The number of ether oxygens (including phenoxy) is 1. The third-order valence-electron chi connectivity index (χ3n) is 3.63. The molecule has 0 aliphatic carbocycles. The Hall–Kier alpha value is -1.92. The SMILES string of the molecule is Cc1cc(=O)oc2cc(OCC(=O)Nc3c(Cl)cc(Cl)cc3Cl)c(Cl)cc12. The maximum absolute atomic E-state index is 12.2. The summed E-state index contributed by atoms with van der Waals surface area (Å²) in [5.74, 6) is -0.315. The molecule has 1 heterocycles. The molecule has 0 saturated heterocycles. The van der Waals surface area contributed by atoms with Crippen LogP contribution in [-0.4, -0.2) is 12.5 Å². The van der Waals surface area contributed by atoms with E-state index in [1.807, 2.05) is 0 Å². The van der Waals surface area contributed by atoms with Gasteiger partial charge in [-0.1, -0.05) is 46.4 Å². The van der Waals surface area contributed by atoms with Crippen molar-refractivity contribution in [1.29, 1.82) is 0 Å². The summed E-state index contributed by atoms with van der Waals surface area (Å²) in [6.45, 7) is 1.40. The quantitative estimate of drug-likeness (QED) is 0.519. The lowest BCUT2D eigenvalue weighted by molar-refractivity contribution is -0.118. The maximum Gasteiger partial charge on any atom is 0.336 e. The van der Waals surface area contributed by atoms with E-state index in [-0.39, 0.29) is 33.1 Å². The van der Waals surface area contributed by atoms with Crippen LogP contribution >= 0.6 is 46.4 Å².